The van der Waals surface area contributed by atoms with Gasteiger partial charge in [0.25, 0.3) is 0 Å². The number of nitrogens with zero attached hydrogens (tertiary/aromatic N) is 2. The second kappa shape index (κ2) is 7.74. The van der Waals surface area contributed by atoms with Crippen molar-refractivity contribution in [3.63, 3.8) is 0 Å². The minimum atomic E-state index is -0.184. The summed E-state index contributed by atoms with van der Waals surface area (Å²) in [4.78, 5) is 20.0. The molecule has 3 aromatic rings. The number of rotatable bonds is 6. The Hall–Kier alpha value is -2.32. The van der Waals surface area contributed by atoms with E-state index in [2.05, 4.69) is 36.5 Å². The molecule has 3 heterocycles. The van der Waals surface area contributed by atoms with Gasteiger partial charge in [-0.15, -0.1) is 0 Å². The fraction of sp³-hybridized carbons (Fsp3) is 0.368. The first-order chi connectivity index (χ1) is 13.1. The van der Waals surface area contributed by atoms with E-state index in [0.717, 1.165) is 46.8 Å². The third-order valence-corrected chi connectivity index (χ3v) is 5.42. The van der Waals surface area contributed by atoms with Crippen LogP contribution in [0.15, 0.2) is 39.6 Å². The largest absolute Gasteiger partial charge is 0.496 e. The molecular formula is C19H22BrN5O2. The van der Waals surface area contributed by atoms with E-state index >= 15 is 0 Å². The highest BCUT2D eigenvalue weighted by atomic mass is 79.9. The van der Waals surface area contributed by atoms with Crippen molar-refractivity contribution in [2.75, 3.05) is 32.1 Å². The molecule has 0 saturated carbocycles. The van der Waals surface area contributed by atoms with E-state index in [1.807, 2.05) is 30.3 Å². The summed E-state index contributed by atoms with van der Waals surface area (Å²) >= 11 is 3.48. The van der Waals surface area contributed by atoms with Crippen LogP contribution in [0, 0.1) is 5.92 Å². The van der Waals surface area contributed by atoms with Gasteiger partial charge in [0.15, 0.2) is 5.65 Å². The Morgan fingerprint density at radius 3 is 3.04 bits per heavy atom. The molecule has 1 aromatic carbocycles. The monoisotopic (exact) mass is 431 g/mol. The number of nitrogens with one attached hydrogen (secondary N) is 3. The van der Waals surface area contributed by atoms with E-state index in [1.165, 1.54) is 6.42 Å². The predicted molar refractivity (Wildman–Crippen MR) is 110 cm³/mol. The molecule has 1 atom stereocenters. The van der Waals surface area contributed by atoms with Crippen molar-refractivity contribution in [2.45, 2.75) is 13.0 Å². The number of hydrogen-bond donors (Lipinski definition) is 3. The average Bonchev–Trinajstić information content (AvgIpc) is 3.28. The third kappa shape index (κ3) is 3.86. The summed E-state index contributed by atoms with van der Waals surface area (Å²) in [6, 6.07) is 9.56. The van der Waals surface area contributed by atoms with Gasteiger partial charge in [-0.05, 0) is 55.8 Å². The molecule has 0 bridgehead atoms. The second-order valence-electron chi connectivity index (χ2n) is 6.78. The molecule has 27 heavy (non-hydrogen) atoms. The fourth-order valence-corrected chi connectivity index (χ4v) is 3.86. The van der Waals surface area contributed by atoms with Crippen LogP contribution in [0.25, 0.3) is 11.2 Å². The highest BCUT2D eigenvalue weighted by Gasteiger charge is 2.15. The summed E-state index contributed by atoms with van der Waals surface area (Å²) in [7, 11) is 1.63. The zero-order valence-corrected chi connectivity index (χ0v) is 16.7. The summed E-state index contributed by atoms with van der Waals surface area (Å²) < 4.78 is 8.01. The van der Waals surface area contributed by atoms with Crippen LogP contribution in [0.1, 0.15) is 12.0 Å². The van der Waals surface area contributed by atoms with Gasteiger partial charge in [-0.2, -0.15) is 0 Å². The topological polar surface area (TPSA) is 84.0 Å². The quantitative estimate of drug-likeness (QED) is 0.558. The number of H-pyrrole nitrogens is 1. The molecule has 0 aliphatic carbocycles. The number of benzene rings is 1. The summed E-state index contributed by atoms with van der Waals surface area (Å²) in [6.45, 7) is 3.36. The molecule has 8 heteroatoms. The van der Waals surface area contributed by atoms with Crippen LogP contribution in [-0.2, 0) is 6.54 Å². The fourth-order valence-electron chi connectivity index (χ4n) is 3.45. The Labute approximate surface area is 165 Å². The van der Waals surface area contributed by atoms with E-state index < -0.39 is 0 Å². The van der Waals surface area contributed by atoms with Crippen LogP contribution in [0.2, 0.25) is 0 Å². The maximum Gasteiger partial charge on any atom is 0.327 e. The van der Waals surface area contributed by atoms with Crippen molar-refractivity contribution < 1.29 is 4.74 Å². The van der Waals surface area contributed by atoms with Crippen molar-refractivity contribution in [2.24, 2.45) is 5.92 Å². The predicted octanol–water partition coefficient (Wildman–Crippen LogP) is 2.57. The maximum atomic E-state index is 12.5. The Balaban J connectivity index is 1.63. The van der Waals surface area contributed by atoms with E-state index in [9.17, 15) is 4.79 Å². The summed E-state index contributed by atoms with van der Waals surface area (Å²) in [5, 5.41) is 6.76. The van der Waals surface area contributed by atoms with Crippen LogP contribution in [0.3, 0.4) is 0 Å². The first kappa shape index (κ1) is 18.1. The Bertz CT molecular complexity index is 1010. The number of fused-ring (bicyclic) bond motifs is 1. The molecule has 7 nitrogen and oxygen atoms in total. The molecule has 1 aliphatic heterocycles. The zero-order valence-electron chi connectivity index (χ0n) is 15.1. The van der Waals surface area contributed by atoms with Gasteiger partial charge in [-0.1, -0.05) is 15.9 Å². The lowest BCUT2D eigenvalue weighted by Gasteiger charge is -2.12. The third-order valence-electron chi connectivity index (χ3n) is 4.92. The molecule has 0 spiro atoms. The van der Waals surface area contributed by atoms with Crippen LogP contribution in [-0.4, -0.2) is 41.3 Å². The van der Waals surface area contributed by atoms with Gasteiger partial charge in [0.05, 0.1) is 19.2 Å². The molecule has 0 radical (unpaired) electrons. The normalized spacial score (nSPS) is 16.7. The Morgan fingerprint density at radius 2 is 2.26 bits per heavy atom. The van der Waals surface area contributed by atoms with Crippen molar-refractivity contribution in [3.05, 3.63) is 50.9 Å². The van der Waals surface area contributed by atoms with Crippen molar-refractivity contribution in [1.29, 1.82) is 0 Å². The molecule has 0 unspecified atom stereocenters. The second-order valence-corrected chi connectivity index (χ2v) is 7.70. The number of methoxy groups -OCH3 is 1. The van der Waals surface area contributed by atoms with Crippen LogP contribution in [0.5, 0.6) is 5.75 Å². The number of imidazole rings is 1. The van der Waals surface area contributed by atoms with Crippen molar-refractivity contribution in [3.8, 4) is 5.75 Å². The number of aromatic nitrogens is 3. The smallest absolute Gasteiger partial charge is 0.327 e. The highest BCUT2D eigenvalue weighted by molar-refractivity contribution is 9.10. The molecule has 0 amide bonds. The van der Waals surface area contributed by atoms with Gasteiger partial charge in [0.2, 0.25) is 0 Å². The number of anilines is 1. The van der Waals surface area contributed by atoms with Gasteiger partial charge in [-0.3, -0.25) is 4.57 Å². The lowest BCUT2D eigenvalue weighted by molar-refractivity contribution is 0.408. The molecule has 142 valence electrons. The zero-order chi connectivity index (χ0) is 18.8. The van der Waals surface area contributed by atoms with Crippen LogP contribution in [0.4, 0.5) is 5.82 Å². The molecule has 3 N–H and O–H groups in total. The van der Waals surface area contributed by atoms with Crippen LogP contribution >= 0.6 is 15.9 Å². The van der Waals surface area contributed by atoms with E-state index in [0.29, 0.717) is 18.1 Å². The molecule has 4 rings (SSSR count). The van der Waals surface area contributed by atoms with Crippen molar-refractivity contribution in [1.82, 2.24) is 19.9 Å². The molecule has 1 fully saturated rings. The van der Waals surface area contributed by atoms with Gasteiger partial charge in [0, 0.05) is 16.6 Å². The number of pyridine rings is 1. The summed E-state index contributed by atoms with van der Waals surface area (Å²) in [6.07, 6.45) is 1.17. The van der Waals surface area contributed by atoms with Crippen LogP contribution < -0.4 is 21.1 Å². The van der Waals surface area contributed by atoms with Gasteiger partial charge < -0.3 is 20.4 Å². The van der Waals surface area contributed by atoms with Crippen molar-refractivity contribution >= 4 is 32.9 Å². The van der Waals surface area contributed by atoms with Gasteiger partial charge in [-0.25, -0.2) is 9.78 Å². The lowest BCUT2D eigenvalue weighted by atomic mass is 10.1. The molecule has 2 aromatic heterocycles. The Kier molecular flexibility index (Phi) is 5.18. The molecular weight excluding hydrogens is 410 g/mol. The number of ether oxygens (including phenoxy) is 1. The Morgan fingerprint density at radius 1 is 1.37 bits per heavy atom. The highest BCUT2D eigenvalue weighted by Crippen LogP contribution is 2.24. The van der Waals surface area contributed by atoms with E-state index in [-0.39, 0.29) is 5.69 Å². The molecule has 1 aliphatic rings. The lowest BCUT2D eigenvalue weighted by Crippen LogP contribution is -2.19. The maximum absolute atomic E-state index is 12.5. The number of halogens is 1. The summed E-state index contributed by atoms with van der Waals surface area (Å²) in [5.74, 6) is 2.13. The number of hydrogen-bond acceptors (Lipinski definition) is 5. The summed E-state index contributed by atoms with van der Waals surface area (Å²) in [5.41, 5.74) is 2.09. The van der Waals surface area contributed by atoms with Gasteiger partial charge in [0.1, 0.15) is 11.6 Å². The molecule has 1 saturated heterocycles. The number of aromatic amines is 1. The average molecular weight is 432 g/mol. The minimum absolute atomic E-state index is 0.184. The first-order valence-corrected chi connectivity index (χ1v) is 9.80. The minimum Gasteiger partial charge on any atom is -0.496 e. The SMILES string of the molecule is COc1ccc(Br)cc1Cn1c(=O)[nH]c2ccc(NC[C@@H]3CCNC3)nc21. The van der Waals surface area contributed by atoms with Gasteiger partial charge >= 0.3 is 5.69 Å². The van der Waals surface area contributed by atoms with E-state index in [1.54, 1.807) is 11.7 Å². The van der Waals surface area contributed by atoms with E-state index in [4.69, 9.17) is 4.74 Å². The first-order valence-electron chi connectivity index (χ1n) is 9.00. The standard InChI is InChI=1S/C19H22BrN5O2/c1-27-16-4-2-14(20)8-13(16)11-25-18-15(23-19(25)26)3-5-17(24-18)22-10-12-6-7-21-9-12/h2-5,8,12,21H,6-7,9-11H2,1H3,(H,22,24)(H,23,26)/t12-/m1/s1.